The third-order valence-corrected chi connectivity index (χ3v) is 3.74. The molecule has 2 atom stereocenters. The highest BCUT2D eigenvalue weighted by Gasteiger charge is 2.29. The van der Waals surface area contributed by atoms with Crippen molar-refractivity contribution in [2.24, 2.45) is 5.92 Å². The van der Waals surface area contributed by atoms with Gasteiger partial charge in [-0.3, -0.25) is 0 Å². The third kappa shape index (κ3) is 3.15. The van der Waals surface area contributed by atoms with Crippen LogP contribution < -0.4 is 5.32 Å². The summed E-state index contributed by atoms with van der Waals surface area (Å²) in [6.45, 7) is 8.12. The normalized spacial score (nSPS) is 29.1. The topological polar surface area (TPSA) is 15.3 Å². The van der Waals surface area contributed by atoms with Crippen LogP contribution in [0, 0.1) is 5.92 Å². The highest BCUT2D eigenvalue weighted by Crippen LogP contribution is 2.19. The van der Waals surface area contributed by atoms with Gasteiger partial charge in [0.25, 0.3) is 0 Å². The molecule has 0 aromatic rings. The Balaban J connectivity index is 2.40. The predicted octanol–water partition coefficient (Wildman–Crippen LogP) is 1.28. The fourth-order valence-corrected chi connectivity index (χ4v) is 2.94. The number of nitrogens with one attached hydrogen (secondary N) is 1. The standard InChI is InChI=1S/C10H22N2S/c1-8(2)7-12(3)9-5-11-6-10(9)13-4/h8-11H,5-7H2,1-4H3. The summed E-state index contributed by atoms with van der Waals surface area (Å²) in [5.41, 5.74) is 0. The Labute approximate surface area is 86.5 Å². The second kappa shape index (κ2) is 5.23. The first-order valence-electron chi connectivity index (χ1n) is 5.09. The van der Waals surface area contributed by atoms with E-state index in [-0.39, 0.29) is 0 Å². The van der Waals surface area contributed by atoms with Crippen molar-refractivity contribution in [3.8, 4) is 0 Å². The molecule has 0 bridgehead atoms. The molecule has 0 aromatic heterocycles. The van der Waals surface area contributed by atoms with E-state index in [1.54, 1.807) is 0 Å². The molecule has 0 aliphatic carbocycles. The molecule has 1 aliphatic rings. The summed E-state index contributed by atoms with van der Waals surface area (Å²) in [5, 5.41) is 4.25. The Kier molecular flexibility index (Phi) is 4.56. The Morgan fingerprint density at radius 1 is 1.46 bits per heavy atom. The van der Waals surface area contributed by atoms with E-state index >= 15 is 0 Å². The van der Waals surface area contributed by atoms with Gasteiger partial charge in [0.05, 0.1) is 0 Å². The van der Waals surface area contributed by atoms with Crippen molar-refractivity contribution in [3.05, 3.63) is 0 Å². The fraction of sp³-hybridized carbons (Fsp3) is 1.00. The van der Waals surface area contributed by atoms with Crippen molar-refractivity contribution in [1.82, 2.24) is 10.2 Å². The van der Waals surface area contributed by atoms with E-state index in [1.807, 2.05) is 11.8 Å². The Hall–Kier alpha value is 0.270. The van der Waals surface area contributed by atoms with Crippen LogP contribution in [0.15, 0.2) is 0 Å². The van der Waals surface area contributed by atoms with Gasteiger partial charge in [0.15, 0.2) is 0 Å². The molecular weight excluding hydrogens is 180 g/mol. The molecule has 2 nitrogen and oxygen atoms in total. The van der Waals surface area contributed by atoms with Crippen molar-refractivity contribution in [2.45, 2.75) is 25.1 Å². The van der Waals surface area contributed by atoms with E-state index in [4.69, 9.17) is 0 Å². The van der Waals surface area contributed by atoms with Gasteiger partial charge in [-0.15, -0.1) is 0 Å². The van der Waals surface area contributed by atoms with Crippen LogP contribution in [-0.4, -0.2) is 49.1 Å². The lowest BCUT2D eigenvalue weighted by Crippen LogP contribution is -2.41. The van der Waals surface area contributed by atoms with Crippen LogP contribution in [0.5, 0.6) is 0 Å². The van der Waals surface area contributed by atoms with Crippen LogP contribution in [0.25, 0.3) is 0 Å². The van der Waals surface area contributed by atoms with Gasteiger partial charge >= 0.3 is 0 Å². The first kappa shape index (κ1) is 11.3. The minimum atomic E-state index is 0.734. The summed E-state index contributed by atoms with van der Waals surface area (Å²) >= 11 is 1.99. The minimum Gasteiger partial charge on any atom is -0.314 e. The summed E-state index contributed by atoms with van der Waals surface area (Å²) in [4.78, 5) is 2.51. The van der Waals surface area contributed by atoms with Crippen molar-refractivity contribution in [2.75, 3.05) is 32.9 Å². The summed E-state index contributed by atoms with van der Waals surface area (Å²) < 4.78 is 0. The molecule has 0 aromatic carbocycles. The maximum Gasteiger partial charge on any atom is 0.0348 e. The zero-order chi connectivity index (χ0) is 9.84. The number of hydrogen-bond acceptors (Lipinski definition) is 3. The number of rotatable bonds is 4. The maximum absolute atomic E-state index is 3.46. The number of thioether (sulfide) groups is 1. The first-order valence-corrected chi connectivity index (χ1v) is 6.37. The van der Waals surface area contributed by atoms with E-state index in [0.29, 0.717) is 0 Å². The monoisotopic (exact) mass is 202 g/mol. The first-order chi connectivity index (χ1) is 6.15. The average molecular weight is 202 g/mol. The molecule has 78 valence electrons. The minimum absolute atomic E-state index is 0.734. The number of likely N-dealkylation sites (N-methyl/N-ethyl adjacent to an activating group) is 1. The van der Waals surface area contributed by atoms with E-state index in [9.17, 15) is 0 Å². The van der Waals surface area contributed by atoms with Crippen LogP contribution >= 0.6 is 11.8 Å². The fourth-order valence-electron chi connectivity index (χ4n) is 2.03. The van der Waals surface area contributed by atoms with Gasteiger partial charge in [-0.1, -0.05) is 13.8 Å². The maximum atomic E-state index is 3.46. The van der Waals surface area contributed by atoms with Crippen molar-refractivity contribution in [1.29, 1.82) is 0 Å². The number of hydrogen-bond donors (Lipinski definition) is 1. The zero-order valence-electron chi connectivity index (χ0n) is 9.21. The van der Waals surface area contributed by atoms with Crippen molar-refractivity contribution < 1.29 is 0 Å². The largest absolute Gasteiger partial charge is 0.314 e. The third-order valence-electron chi connectivity index (χ3n) is 2.65. The zero-order valence-corrected chi connectivity index (χ0v) is 10.0. The van der Waals surface area contributed by atoms with Gasteiger partial charge < -0.3 is 10.2 Å². The lowest BCUT2D eigenvalue weighted by molar-refractivity contribution is 0.233. The quantitative estimate of drug-likeness (QED) is 0.739. The van der Waals surface area contributed by atoms with Crippen LogP contribution in [0.3, 0.4) is 0 Å². The molecule has 0 radical (unpaired) electrons. The lowest BCUT2D eigenvalue weighted by Gasteiger charge is -2.29. The number of nitrogens with zero attached hydrogens (tertiary/aromatic N) is 1. The summed E-state index contributed by atoms with van der Waals surface area (Å²) in [5.74, 6) is 0.771. The summed E-state index contributed by atoms with van der Waals surface area (Å²) in [6.07, 6.45) is 2.22. The van der Waals surface area contributed by atoms with E-state index in [0.717, 1.165) is 23.8 Å². The highest BCUT2D eigenvalue weighted by molar-refractivity contribution is 7.99. The molecule has 13 heavy (non-hydrogen) atoms. The second-order valence-electron chi connectivity index (χ2n) is 4.33. The smallest absolute Gasteiger partial charge is 0.0348 e. The van der Waals surface area contributed by atoms with E-state index in [1.165, 1.54) is 13.1 Å². The molecule has 0 spiro atoms. The molecule has 2 unspecified atom stereocenters. The van der Waals surface area contributed by atoms with Gasteiger partial charge in [-0.05, 0) is 19.2 Å². The SMILES string of the molecule is CSC1CNCC1N(C)CC(C)C. The average Bonchev–Trinajstić information content (AvgIpc) is 2.49. The Morgan fingerprint density at radius 2 is 2.15 bits per heavy atom. The van der Waals surface area contributed by atoms with E-state index in [2.05, 4.69) is 37.4 Å². The van der Waals surface area contributed by atoms with Gasteiger partial charge in [-0.25, -0.2) is 0 Å². The van der Waals surface area contributed by atoms with Crippen LogP contribution in [0.2, 0.25) is 0 Å². The van der Waals surface area contributed by atoms with Crippen LogP contribution in [0.1, 0.15) is 13.8 Å². The van der Waals surface area contributed by atoms with Crippen LogP contribution in [-0.2, 0) is 0 Å². The van der Waals surface area contributed by atoms with Gasteiger partial charge in [0.1, 0.15) is 0 Å². The van der Waals surface area contributed by atoms with Crippen LogP contribution in [0.4, 0.5) is 0 Å². The molecule has 1 fully saturated rings. The molecular formula is C10H22N2S. The summed E-state index contributed by atoms with van der Waals surface area (Å²) in [6, 6.07) is 0.734. The molecule has 1 heterocycles. The second-order valence-corrected chi connectivity index (χ2v) is 5.41. The Bertz CT molecular complexity index is 150. The van der Waals surface area contributed by atoms with E-state index < -0.39 is 0 Å². The molecule has 1 rings (SSSR count). The Morgan fingerprint density at radius 3 is 2.69 bits per heavy atom. The lowest BCUT2D eigenvalue weighted by atomic mass is 10.1. The predicted molar refractivity (Wildman–Crippen MR) is 61.4 cm³/mol. The molecule has 1 N–H and O–H groups in total. The molecule has 1 aliphatic heterocycles. The van der Waals surface area contributed by atoms with Gasteiger partial charge in [0, 0.05) is 30.9 Å². The summed E-state index contributed by atoms with van der Waals surface area (Å²) in [7, 11) is 2.25. The highest BCUT2D eigenvalue weighted by atomic mass is 32.2. The molecule has 1 saturated heterocycles. The molecule has 3 heteroatoms. The van der Waals surface area contributed by atoms with Crippen molar-refractivity contribution in [3.63, 3.8) is 0 Å². The molecule has 0 saturated carbocycles. The van der Waals surface area contributed by atoms with Gasteiger partial charge in [0.2, 0.25) is 0 Å². The molecule has 0 amide bonds. The van der Waals surface area contributed by atoms with Crippen molar-refractivity contribution >= 4 is 11.8 Å². The van der Waals surface area contributed by atoms with Gasteiger partial charge in [-0.2, -0.15) is 11.8 Å².